The van der Waals surface area contributed by atoms with Gasteiger partial charge in [-0.2, -0.15) is 0 Å². The molecule has 0 aliphatic rings. The predicted octanol–water partition coefficient (Wildman–Crippen LogP) is 2.69. The van der Waals surface area contributed by atoms with Crippen LogP contribution in [0.4, 0.5) is 4.79 Å². The Kier molecular flexibility index (Phi) is 7.18. The third-order valence-corrected chi connectivity index (χ3v) is 3.24. The molecule has 0 aromatic heterocycles. The number of rotatable bonds is 7. The predicted molar refractivity (Wildman–Crippen MR) is 88.1 cm³/mol. The SMILES string of the molecule is Cc1ccc(CNC(=O)N(C)CCC(C)O)c(OC(C)C)c1. The Morgan fingerprint density at radius 1 is 1.36 bits per heavy atom. The van der Waals surface area contributed by atoms with E-state index in [4.69, 9.17) is 4.74 Å². The van der Waals surface area contributed by atoms with Crippen LogP contribution in [0.1, 0.15) is 38.3 Å². The molecule has 5 heteroatoms. The summed E-state index contributed by atoms with van der Waals surface area (Å²) in [4.78, 5) is 13.6. The van der Waals surface area contributed by atoms with Gasteiger partial charge < -0.3 is 20.1 Å². The minimum absolute atomic E-state index is 0.0879. The Morgan fingerprint density at radius 2 is 2.05 bits per heavy atom. The van der Waals surface area contributed by atoms with Crippen molar-refractivity contribution in [1.82, 2.24) is 10.2 Å². The van der Waals surface area contributed by atoms with E-state index < -0.39 is 6.10 Å². The second-order valence-electron chi connectivity index (χ2n) is 6.00. The van der Waals surface area contributed by atoms with E-state index in [1.165, 1.54) is 0 Å². The molecule has 1 rings (SSSR count). The number of aliphatic hydroxyl groups is 1. The number of urea groups is 1. The lowest BCUT2D eigenvalue weighted by Crippen LogP contribution is -2.38. The lowest BCUT2D eigenvalue weighted by molar-refractivity contribution is 0.163. The number of nitrogens with zero attached hydrogens (tertiary/aromatic N) is 1. The van der Waals surface area contributed by atoms with E-state index in [9.17, 15) is 9.90 Å². The maximum atomic E-state index is 12.0. The highest BCUT2D eigenvalue weighted by atomic mass is 16.5. The highest BCUT2D eigenvalue weighted by Crippen LogP contribution is 2.21. The Balaban J connectivity index is 2.61. The molecule has 0 aliphatic carbocycles. The van der Waals surface area contributed by atoms with Crippen LogP contribution in [0.3, 0.4) is 0 Å². The highest BCUT2D eigenvalue weighted by Gasteiger charge is 2.11. The van der Waals surface area contributed by atoms with Crippen molar-refractivity contribution >= 4 is 6.03 Å². The zero-order valence-corrected chi connectivity index (χ0v) is 14.2. The van der Waals surface area contributed by atoms with Gasteiger partial charge in [0.05, 0.1) is 12.2 Å². The van der Waals surface area contributed by atoms with Crippen molar-refractivity contribution < 1.29 is 14.6 Å². The third kappa shape index (κ3) is 6.35. The molecule has 0 saturated carbocycles. The van der Waals surface area contributed by atoms with Crippen LogP contribution < -0.4 is 10.1 Å². The fraction of sp³-hybridized carbons (Fsp3) is 0.588. The molecule has 22 heavy (non-hydrogen) atoms. The molecule has 1 unspecified atom stereocenters. The van der Waals surface area contributed by atoms with Gasteiger partial charge in [0.2, 0.25) is 0 Å². The van der Waals surface area contributed by atoms with Crippen molar-refractivity contribution in [2.24, 2.45) is 0 Å². The van der Waals surface area contributed by atoms with Gasteiger partial charge in [-0.05, 0) is 45.7 Å². The Morgan fingerprint density at radius 3 is 2.64 bits per heavy atom. The van der Waals surface area contributed by atoms with Gasteiger partial charge >= 0.3 is 6.03 Å². The topological polar surface area (TPSA) is 61.8 Å². The van der Waals surface area contributed by atoms with E-state index in [0.717, 1.165) is 16.9 Å². The first-order valence-electron chi connectivity index (χ1n) is 7.72. The molecule has 0 saturated heterocycles. The number of nitrogens with one attached hydrogen (secondary N) is 1. The number of amides is 2. The van der Waals surface area contributed by atoms with Crippen LogP contribution in [0.2, 0.25) is 0 Å². The van der Waals surface area contributed by atoms with Crippen LogP contribution in [0, 0.1) is 6.92 Å². The molecular formula is C17H28N2O3. The summed E-state index contributed by atoms with van der Waals surface area (Å²) in [7, 11) is 1.72. The number of benzene rings is 1. The first-order chi connectivity index (χ1) is 10.3. The number of ether oxygens (including phenoxy) is 1. The van der Waals surface area contributed by atoms with Crippen molar-refractivity contribution in [1.29, 1.82) is 0 Å². The van der Waals surface area contributed by atoms with Crippen LogP contribution >= 0.6 is 0 Å². The van der Waals surface area contributed by atoms with Gasteiger partial charge in [-0.15, -0.1) is 0 Å². The second kappa shape index (κ2) is 8.63. The summed E-state index contributed by atoms with van der Waals surface area (Å²) in [6, 6.07) is 5.81. The summed E-state index contributed by atoms with van der Waals surface area (Å²) in [6.45, 7) is 8.63. The van der Waals surface area contributed by atoms with Crippen molar-refractivity contribution in [3.8, 4) is 5.75 Å². The van der Waals surface area contributed by atoms with Crippen molar-refractivity contribution in [3.63, 3.8) is 0 Å². The molecule has 0 fully saturated rings. The average molecular weight is 308 g/mol. The molecule has 0 spiro atoms. The Labute approximate surface area is 133 Å². The lowest BCUT2D eigenvalue weighted by Gasteiger charge is -2.20. The quantitative estimate of drug-likeness (QED) is 0.814. The van der Waals surface area contributed by atoms with E-state index in [-0.39, 0.29) is 12.1 Å². The van der Waals surface area contributed by atoms with Crippen molar-refractivity contribution in [2.45, 2.75) is 52.9 Å². The fourth-order valence-corrected chi connectivity index (χ4v) is 1.96. The van der Waals surface area contributed by atoms with Crippen LogP contribution in [-0.4, -0.2) is 41.8 Å². The van der Waals surface area contributed by atoms with Crippen molar-refractivity contribution in [3.05, 3.63) is 29.3 Å². The van der Waals surface area contributed by atoms with Crippen LogP contribution in [0.25, 0.3) is 0 Å². The van der Waals surface area contributed by atoms with Gasteiger partial charge in [0.25, 0.3) is 0 Å². The molecule has 2 amide bonds. The number of aliphatic hydroxyl groups excluding tert-OH is 1. The van der Waals surface area contributed by atoms with E-state index in [1.54, 1.807) is 18.9 Å². The smallest absolute Gasteiger partial charge is 0.317 e. The molecule has 1 aromatic carbocycles. The molecule has 124 valence electrons. The molecule has 1 atom stereocenters. The lowest BCUT2D eigenvalue weighted by atomic mass is 10.1. The van der Waals surface area contributed by atoms with Crippen molar-refractivity contribution in [2.75, 3.05) is 13.6 Å². The molecule has 0 heterocycles. The molecule has 2 N–H and O–H groups in total. The van der Waals surface area contributed by atoms with Gasteiger partial charge in [-0.3, -0.25) is 0 Å². The van der Waals surface area contributed by atoms with Crippen LogP contribution in [-0.2, 0) is 6.54 Å². The Hall–Kier alpha value is -1.75. The fourth-order valence-electron chi connectivity index (χ4n) is 1.96. The highest BCUT2D eigenvalue weighted by molar-refractivity contribution is 5.73. The standard InChI is InChI=1S/C17H28N2O3/c1-12(2)22-16-10-13(3)6-7-15(16)11-18-17(21)19(5)9-8-14(4)20/h6-7,10,12,14,20H,8-9,11H2,1-5H3,(H,18,21). The molecule has 0 aliphatic heterocycles. The average Bonchev–Trinajstić information content (AvgIpc) is 2.42. The number of hydrogen-bond donors (Lipinski definition) is 2. The van der Waals surface area contributed by atoms with Gasteiger partial charge in [0, 0.05) is 25.7 Å². The molecule has 1 aromatic rings. The summed E-state index contributed by atoms with van der Waals surface area (Å²) >= 11 is 0. The van der Waals surface area contributed by atoms with Gasteiger partial charge in [0.1, 0.15) is 5.75 Å². The number of aryl methyl sites for hydroxylation is 1. The summed E-state index contributed by atoms with van der Waals surface area (Å²) < 4.78 is 5.80. The molecular weight excluding hydrogens is 280 g/mol. The van der Waals surface area contributed by atoms with Gasteiger partial charge in [-0.25, -0.2) is 4.79 Å². The maximum Gasteiger partial charge on any atom is 0.317 e. The zero-order chi connectivity index (χ0) is 16.7. The van der Waals surface area contributed by atoms with Gasteiger partial charge in [-0.1, -0.05) is 12.1 Å². The second-order valence-corrected chi connectivity index (χ2v) is 6.00. The number of carbonyl (C=O) groups is 1. The van der Waals surface area contributed by atoms with E-state index in [1.807, 2.05) is 39.0 Å². The first kappa shape index (κ1) is 18.3. The monoisotopic (exact) mass is 308 g/mol. The number of carbonyl (C=O) groups excluding carboxylic acids is 1. The number of hydrogen-bond acceptors (Lipinski definition) is 3. The molecule has 0 radical (unpaired) electrons. The molecule has 0 bridgehead atoms. The summed E-state index contributed by atoms with van der Waals surface area (Å²) in [6.07, 6.45) is 0.249. The van der Waals surface area contributed by atoms with E-state index in [2.05, 4.69) is 5.32 Å². The largest absolute Gasteiger partial charge is 0.491 e. The normalized spacial score (nSPS) is 12.1. The van der Waals surface area contributed by atoms with Crippen LogP contribution in [0.5, 0.6) is 5.75 Å². The minimum Gasteiger partial charge on any atom is -0.491 e. The van der Waals surface area contributed by atoms with Crippen LogP contribution in [0.15, 0.2) is 18.2 Å². The first-order valence-corrected chi connectivity index (χ1v) is 7.72. The van der Waals surface area contributed by atoms with E-state index in [0.29, 0.717) is 19.5 Å². The summed E-state index contributed by atoms with van der Waals surface area (Å²) in [5.74, 6) is 0.807. The Bertz CT molecular complexity index is 487. The summed E-state index contributed by atoms with van der Waals surface area (Å²) in [5, 5.41) is 12.1. The summed E-state index contributed by atoms with van der Waals surface area (Å²) in [5.41, 5.74) is 2.08. The molecule has 5 nitrogen and oxygen atoms in total. The van der Waals surface area contributed by atoms with E-state index >= 15 is 0 Å². The van der Waals surface area contributed by atoms with Gasteiger partial charge in [0.15, 0.2) is 0 Å². The maximum absolute atomic E-state index is 12.0. The zero-order valence-electron chi connectivity index (χ0n) is 14.2. The third-order valence-electron chi connectivity index (χ3n) is 3.24. The minimum atomic E-state index is -0.404.